The Balaban J connectivity index is 1.95. The molecule has 0 aliphatic rings. The molecule has 0 saturated carbocycles. The third-order valence-electron chi connectivity index (χ3n) is 3.14. The van der Waals surface area contributed by atoms with Crippen LogP contribution in [-0.4, -0.2) is 10.2 Å². The summed E-state index contributed by atoms with van der Waals surface area (Å²) in [6.45, 7) is 8.01. The van der Waals surface area contributed by atoms with Gasteiger partial charge in [0.15, 0.2) is 0 Å². The molecule has 2 nitrogen and oxygen atoms in total. The molecule has 0 fully saturated rings. The zero-order valence-electron chi connectivity index (χ0n) is 13.8. The van der Waals surface area contributed by atoms with Crippen molar-refractivity contribution in [2.75, 3.05) is 0 Å². The van der Waals surface area contributed by atoms with Gasteiger partial charge in [-0.1, -0.05) is 35.7 Å². The first-order valence-corrected chi connectivity index (χ1v) is 9.03. The van der Waals surface area contributed by atoms with Gasteiger partial charge >= 0.3 is 0 Å². The molecule has 0 bridgehead atoms. The van der Waals surface area contributed by atoms with Crippen molar-refractivity contribution in [2.24, 2.45) is 0 Å². The molecule has 0 saturated heterocycles. The lowest BCUT2D eigenvalue weighted by Gasteiger charge is -2.05. The lowest BCUT2D eigenvalue weighted by Crippen LogP contribution is -2.00. The van der Waals surface area contributed by atoms with Crippen LogP contribution in [0.1, 0.15) is 28.7 Å². The van der Waals surface area contributed by atoms with Crippen LogP contribution in [0.2, 0.25) is 0 Å². The average molecular weight is 345 g/mol. The largest absolute Gasteiger partial charge is 0.286 e. The topological polar surface area (TPSA) is 34.1 Å². The molecular weight excluding hydrogens is 324 g/mol. The first-order chi connectivity index (χ1) is 10.8. The van der Waals surface area contributed by atoms with Gasteiger partial charge in [0.25, 0.3) is 0 Å². The van der Waals surface area contributed by atoms with Crippen LogP contribution in [0.3, 0.4) is 0 Å². The Labute approximate surface area is 146 Å². The molecule has 0 unspecified atom stereocenters. The van der Waals surface area contributed by atoms with Crippen LogP contribution in [0, 0.1) is 27.7 Å². The predicted octanol–water partition coefficient (Wildman–Crippen LogP) is 5.25. The zero-order chi connectivity index (χ0) is 17.0. The van der Waals surface area contributed by atoms with E-state index >= 15 is 0 Å². The molecule has 0 aliphatic heterocycles. The Bertz CT molecular complexity index is 647. The van der Waals surface area contributed by atoms with Gasteiger partial charge in [0, 0.05) is 9.79 Å². The van der Waals surface area contributed by atoms with E-state index in [1.165, 1.54) is 0 Å². The highest BCUT2D eigenvalue weighted by atomic mass is 32.2. The summed E-state index contributed by atoms with van der Waals surface area (Å²) in [7, 11) is 0. The summed E-state index contributed by atoms with van der Waals surface area (Å²) < 4.78 is 0. The Hall–Kier alpha value is -1.52. The number of carbonyl (C=O) groups excluding carboxylic acids is 2. The van der Waals surface area contributed by atoms with E-state index in [-0.39, 0.29) is 16.7 Å². The van der Waals surface area contributed by atoms with Crippen molar-refractivity contribution in [3.63, 3.8) is 0 Å². The molecule has 0 N–H and O–H groups in total. The number of hydrogen-bond donors (Lipinski definition) is 0. The fraction of sp³-hybridized carbons (Fsp3) is 0.263. The van der Waals surface area contributed by atoms with Crippen LogP contribution in [0.4, 0.5) is 0 Å². The number of carbonyl (C=O) groups is 2. The van der Waals surface area contributed by atoms with Crippen molar-refractivity contribution in [2.45, 2.75) is 43.9 Å². The first-order valence-electron chi connectivity index (χ1n) is 7.40. The Morgan fingerprint density at radius 1 is 0.652 bits per heavy atom. The molecule has 0 spiro atoms. The normalized spacial score (nSPS) is 10.6. The summed E-state index contributed by atoms with van der Waals surface area (Å²) in [6.07, 6.45) is -0.0602. The molecule has 2 aromatic carbocycles. The molecule has 23 heavy (non-hydrogen) atoms. The van der Waals surface area contributed by atoms with Crippen LogP contribution in [-0.2, 0) is 9.59 Å². The summed E-state index contributed by atoms with van der Waals surface area (Å²) in [5.41, 5.74) is 4.49. The molecule has 0 aliphatic carbocycles. The van der Waals surface area contributed by atoms with Gasteiger partial charge in [-0.15, -0.1) is 0 Å². The van der Waals surface area contributed by atoms with Crippen LogP contribution in [0.25, 0.3) is 0 Å². The maximum absolute atomic E-state index is 12.1. The minimum atomic E-state index is -0.114. The molecule has 2 rings (SSSR count). The Morgan fingerprint density at radius 3 is 1.26 bits per heavy atom. The number of hydrogen-bond acceptors (Lipinski definition) is 4. The van der Waals surface area contributed by atoms with Gasteiger partial charge in [-0.3, -0.25) is 9.59 Å². The third kappa shape index (κ3) is 5.88. The summed E-state index contributed by atoms with van der Waals surface area (Å²) in [4.78, 5) is 26.0. The molecule has 0 heterocycles. The SMILES string of the molecule is Cc1cc(C)cc(SC(=O)CC(=O)Sc2cc(C)cc(C)c2)c1. The van der Waals surface area contributed by atoms with Crippen LogP contribution in [0.5, 0.6) is 0 Å². The van der Waals surface area contributed by atoms with Gasteiger partial charge in [-0.2, -0.15) is 0 Å². The first kappa shape index (κ1) is 17.8. The van der Waals surface area contributed by atoms with E-state index in [1.807, 2.05) is 52.0 Å². The van der Waals surface area contributed by atoms with Gasteiger partial charge in [-0.25, -0.2) is 0 Å². The summed E-state index contributed by atoms with van der Waals surface area (Å²) in [5, 5.41) is -0.228. The zero-order valence-corrected chi connectivity index (χ0v) is 15.4. The van der Waals surface area contributed by atoms with Crippen LogP contribution in [0.15, 0.2) is 46.2 Å². The second kappa shape index (κ2) is 7.84. The smallest absolute Gasteiger partial charge is 0.201 e. The molecule has 0 atom stereocenters. The van der Waals surface area contributed by atoms with Gasteiger partial charge in [-0.05, 0) is 74.2 Å². The van der Waals surface area contributed by atoms with Gasteiger partial charge in [0.05, 0.1) is 6.42 Å². The van der Waals surface area contributed by atoms with Crippen LogP contribution < -0.4 is 0 Å². The fourth-order valence-corrected chi connectivity index (χ4v) is 4.44. The summed E-state index contributed by atoms with van der Waals surface area (Å²) in [6, 6.07) is 12.0. The minimum absolute atomic E-state index is 0.0602. The van der Waals surface area contributed by atoms with Crippen molar-refractivity contribution in [1.82, 2.24) is 0 Å². The van der Waals surface area contributed by atoms with E-state index in [0.717, 1.165) is 55.6 Å². The van der Waals surface area contributed by atoms with Gasteiger partial charge in [0.1, 0.15) is 0 Å². The lowest BCUT2D eigenvalue weighted by atomic mass is 10.2. The maximum atomic E-state index is 12.1. The molecule has 120 valence electrons. The molecule has 0 radical (unpaired) electrons. The Morgan fingerprint density at radius 2 is 0.957 bits per heavy atom. The number of rotatable bonds is 4. The van der Waals surface area contributed by atoms with Crippen LogP contribution >= 0.6 is 23.5 Å². The lowest BCUT2D eigenvalue weighted by molar-refractivity contribution is -0.117. The van der Waals surface area contributed by atoms with E-state index in [4.69, 9.17) is 0 Å². The maximum Gasteiger partial charge on any atom is 0.201 e. The highest BCUT2D eigenvalue weighted by Crippen LogP contribution is 2.27. The Kier molecular flexibility index (Phi) is 6.08. The molecule has 2 aromatic rings. The highest BCUT2D eigenvalue weighted by Gasteiger charge is 2.13. The van der Waals surface area contributed by atoms with Crippen molar-refractivity contribution in [3.8, 4) is 0 Å². The van der Waals surface area contributed by atoms with E-state index < -0.39 is 0 Å². The van der Waals surface area contributed by atoms with E-state index in [1.54, 1.807) is 0 Å². The van der Waals surface area contributed by atoms with Crippen molar-refractivity contribution in [1.29, 1.82) is 0 Å². The predicted molar refractivity (Wildman–Crippen MR) is 98.2 cm³/mol. The minimum Gasteiger partial charge on any atom is -0.286 e. The summed E-state index contributed by atoms with van der Waals surface area (Å²) in [5.74, 6) is 0. The molecule has 0 aromatic heterocycles. The van der Waals surface area contributed by atoms with Crippen molar-refractivity contribution in [3.05, 3.63) is 58.7 Å². The standard InChI is InChI=1S/C19H20O2S2/c1-12-5-13(2)8-16(7-12)22-18(20)11-19(21)23-17-9-14(3)6-15(4)10-17/h5-10H,11H2,1-4H3. The third-order valence-corrected chi connectivity index (χ3v) is 4.83. The van der Waals surface area contributed by atoms with Crippen molar-refractivity contribution < 1.29 is 9.59 Å². The number of benzene rings is 2. The molecular formula is C19H20O2S2. The monoisotopic (exact) mass is 344 g/mol. The molecule has 0 amide bonds. The highest BCUT2D eigenvalue weighted by molar-refractivity contribution is 8.15. The quantitative estimate of drug-likeness (QED) is 0.560. The second-order valence-electron chi connectivity index (χ2n) is 5.77. The summed E-state index contributed by atoms with van der Waals surface area (Å²) >= 11 is 2.29. The number of aryl methyl sites for hydroxylation is 4. The van der Waals surface area contributed by atoms with Gasteiger partial charge in [0.2, 0.25) is 10.2 Å². The molecule has 4 heteroatoms. The van der Waals surface area contributed by atoms with E-state index in [0.29, 0.717) is 0 Å². The van der Waals surface area contributed by atoms with Crippen molar-refractivity contribution >= 4 is 33.8 Å². The fourth-order valence-electron chi connectivity index (χ4n) is 2.44. The van der Waals surface area contributed by atoms with Gasteiger partial charge < -0.3 is 0 Å². The average Bonchev–Trinajstić information content (AvgIpc) is 2.34. The van der Waals surface area contributed by atoms with E-state index in [9.17, 15) is 9.59 Å². The second-order valence-corrected chi connectivity index (χ2v) is 8.03. The number of thioether (sulfide) groups is 2. The van der Waals surface area contributed by atoms with E-state index in [2.05, 4.69) is 12.1 Å².